The van der Waals surface area contributed by atoms with Gasteiger partial charge in [-0.15, -0.1) is 0 Å². The molecule has 0 N–H and O–H groups in total. The molecule has 1 aromatic carbocycles. The summed E-state index contributed by atoms with van der Waals surface area (Å²) < 4.78 is 6.40. The van der Waals surface area contributed by atoms with E-state index in [4.69, 9.17) is 16.0 Å². The molecular weight excluding hydrogens is 359 g/mol. The first-order chi connectivity index (χ1) is 7.59. The lowest BCUT2D eigenvalue weighted by Crippen LogP contribution is -2.01. The Bertz CT molecular complexity index is 549. The van der Waals surface area contributed by atoms with Gasteiger partial charge in [-0.25, -0.2) is 0 Å². The maximum Gasteiger partial charge on any atom is 0.230 e. The number of ketones is 1. The molecule has 1 aromatic heterocycles. The van der Waals surface area contributed by atoms with Crippen LogP contribution in [0.5, 0.6) is 0 Å². The van der Waals surface area contributed by atoms with Crippen LogP contribution in [-0.4, -0.2) is 5.78 Å². The molecule has 5 heteroatoms. The molecule has 2 rings (SSSR count). The Labute approximate surface area is 114 Å². The van der Waals surface area contributed by atoms with E-state index in [1.165, 1.54) is 6.26 Å². The molecule has 1 heterocycles. The Morgan fingerprint density at radius 2 is 1.94 bits per heavy atom. The van der Waals surface area contributed by atoms with E-state index in [1.54, 1.807) is 24.3 Å². The number of hydrogen-bond donors (Lipinski definition) is 0. The number of furan rings is 1. The first-order valence-corrected chi connectivity index (χ1v) is 6.28. The fourth-order valence-electron chi connectivity index (χ4n) is 1.25. The standard InChI is InChI=1S/C11H5Br2ClO2/c12-8-3-4-16-11(8)10(15)7-2-1-6(14)5-9(7)13/h1-5H. The van der Waals surface area contributed by atoms with Gasteiger partial charge < -0.3 is 4.42 Å². The number of halogens is 3. The van der Waals surface area contributed by atoms with E-state index in [9.17, 15) is 4.79 Å². The fraction of sp³-hybridized carbons (Fsp3) is 0. The molecule has 82 valence electrons. The molecule has 0 unspecified atom stereocenters. The van der Waals surface area contributed by atoms with Crippen molar-refractivity contribution < 1.29 is 9.21 Å². The molecule has 0 spiro atoms. The Balaban J connectivity index is 2.46. The van der Waals surface area contributed by atoms with Crippen molar-refractivity contribution in [2.75, 3.05) is 0 Å². The molecule has 0 aliphatic rings. The maximum atomic E-state index is 12.1. The van der Waals surface area contributed by atoms with E-state index in [-0.39, 0.29) is 11.5 Å². The molecule has 2 aromatic rings. The quantitative estimate of drug-likeness (QED) is 0.724. The molecule has 0 atom stereocenters. The van der Waals surface area contributed by atoms with E-state index in [0.29, 0.717) is 19.5 Å². The highest BCUT2D eigenvalue weighted by molar-refractivity contribution is 9.10. The van der Waals surface area contributed by atoms with Crippen LogP contribution in [0.25, 0.3) is 0 Å². The molecule has 2 nitrogen and oxygen atoms in total. The van der Waals surface area contributed by atoms with Crippen LogP contribution in [0, 0.1) is 0 Å². The van der Waals surface area contributed by atoms with Crippen LogP contribution < -0.4 is 0 Å². The van der Waals surface area contributed by atoms with Gasteiger partial charge in [0.1, 0.15) is 0 Å². The molecule has 0 aliphatic heterocycles. The summed E-state index contributed by atoms with van der Waals surface area (Å²) in [5.74, 6) is 0.0865. The molecular formula is C11H5Br2ClO2. The van der Waals surface area contributed by atoms with Crippen LogP contribution in [0.15, 0.2) is 43.9 Å². The predicted octanol–water partition coefficient (Wildman–Crippen LogP) is 4.69. The van der Waals surface area contributed by atoms with E-state index in [2.05, 4.69) is 31.9 Å². The van der Waals surface area contributed by atoms with Gasteiger partial charge in [-0.05, 0) is 56.1 Å². The molecule has 0 aliphatic carbocycles. The average molecular weight is 364 g/mol. The Morgan fingerprint density at radius 3 is 2.50 bits per heavy atom. The van der Waals surface area contributed by atoms with Crippen molar-refractivity contribution in [1.29, 1.82) is 0 Å². The Kier molecular flexibility index (Phi) is 3.52. The number of hydrogen-bond acceptors (Lipinski definition) is 2. The third kappa shape index (κ3) is 2.24. The van der Waals surface area contributed by atoms with Crippen LogP contribution in [0.1, 0.15) is 16.1 Å². The van der Waals surface area contributed by atoms with Gasteiger partial charge >= 0.3 is 0 Å². The first kappa shape index (κ1) is 11.9. The van der Waals surface area contributed by atoms with Crippen LogP contribution >= 0.6 is 43.5 Å². The normalized spacial score (nSPS) is 10.4. The minimum atomic E-state index is -0.194. The maximum absolute atomic E-state index is 12.1. The van der Waals surface area contributed by atoms with Gasteiger partial charge in [0.15, 0.2) is 5.76 Å². The lowest BCUT2D eigenvalue weighted by molar-refractivity contribution is 0.101. The highest BCUT2D eigenvalue weighted by atomic mass is 79.9. The zero-order valence-electron chi connectivity index (χ0n) is 7.84. The predicted molar refractivity (Wildman–Crippen MR) is 69.0 cm³/mol. The van der Waals surface area contributed by atoms with Gasteiger partial charge in [0.25, 0.3) is 0 Å². The summed E-state index contributed by atoms with van der Waals surface area (Å²) in [5, 5.41) is 0.571. The summed E-state index contributed by atoms with van der Waals surface area (Å²) in [4.78, 5) is 12.1. The van der Waals surface area contributed by atoms with Gasteiger partial charge in [0.2, 0.25) is 5.78 Å². The summed E-state index contributed by atoms with van der Waals surface area (Å²) in [6, 6.07) is 6.67. The van der Waals surface area contributed by atoms with Crippen molar-refractivity contribution in [3.05, 3.63) is 55.8 Å². The minimum Gasteiger partial charge on any atom is -0.460 e. The van der Waals surface area contributed by atoms with E-state index >= 15 is 0 Å². The van der Waals surface area contributed by atoms with E-state index < -0.39 is 0 Å². The van der Waals surface area contributed by atoms with Crippen molar-refractivity contribution in [2.45, 2.75) is 0 Å². The number of rotatable bonds is 2. The molecule has 16 heavy (non-hydrogen) atoms. The SMILES string of the molecule is O=C(c1ccc(Cl)cc1Br)c1occc1Br. The molecule has 0 bridgehead atoms. The van der Waals surface area contributed by atoms with Crippen molar-refractivity contribution in [3.63, 3.8) is 0 Å². The fourth-order valence-corrected chi connectivity index (χ4v) is 2.50. The van der Waals surface area contributed by atoms with Crippen molar-refractivity contribution in [1.82, 2.24) is 0 Å². The Morgan fingerprint density at radius 1 is 1.19 bits per heavy atom. The van der Waals surface area contributed by atoms with Crippen LogP contribution in [0.4, 0.5) is 0 Å². The van der Waals surface area contributed by atoms with Gasteiger partial charge in [-0.3, -0.25) is 4.79 Å². The van der Waals surface area contributed by atoms with Gasteiger partial charge in [0.05, 0.1) is 10.7 Å². The van der Waals surface area contributed by atoms with Crippen molar-refractivity contribution in [3.8, 4) is 0 Å². The average Bonchev–Trinajstić information content (AvgIpc) is 2.63. The molecule has 0 radical (unpaired) electrons. The first-order valence-electron chi connectivity index (χ1n) is 4.32. The molecule has 0 fully saturated rings. The van der Waals surface area contributed by atoms with Crippen LogP contribution in [0.3, 0.4) is 0 Å². The second-order valence-corrected chi connectivity index (χ2v) is 5.20. The number of carbonyl (C=O) groups excluding carboxylic acids is 1. The van der Waals surface area contributed by atoms with Gasteiger partial charge in [0, 0.05) is 15.1 Å². The number of benzene rings is 1. The highest BCUT2D eigenvalue weighted by Gasteiger charge is 2.18. The monoisotopic (exact) mass is 362 g/mol. The third-order valence-electron chi connectivity index (χ3n) is 2.00. The van der Waals surface area contributed by atoms with Crippen LogP contribution in [0.2, 0.25) is 5.02 Å². The summed E-state index contributed by atoms with van der Waals surface area (Å²) in [6.45, 7) is 0. The number of carbonyl (C=O) groups is 1. The summed E-state index contributed by atoms with van der Waals surface area (Å²) in [5.41, 5.74) is 0.514. The van der Waals surface area contributed by atoms with Crippen molar-refractivity contribution >= 4 is 49.2 Å². The highest BCUT2D eigenvalue weighted by Crippen LogP contribution is 2.27. The molecule has 0 saturated heterocycles. The summed E-state index contributed by atoms with van der Waals surface area (Å²) in [7, 11) is 0. The lowest BCUT2D eigenvalue weighted by Gasteiger charge is -2.02. The Hall–Kier alpha value is -0.580. The zero-order valence-corrected chi connectivity index (χ0v) is 11.8. The topological polar surface area (TPSA) is 30.2 Å². The lowest BCUT2D eigenvalue weighted by atomic mass is 10.1. The second-order valence-electron chi connectivity index (χ2n) is 3.05. The summed E-state index contributed by atoms with van der Waals surface area (Å²) >= 11 is 12.3. The zero-order chi connectivity index (χ0) is 11.7. The van der Waals surface area contributed by atoms with E-state index in [1.807, 2.05) is 0 Å². The largest absolute Gasteiger partial charge is 0.460 e. The second kappa shape index (κ2) is 4.73. The van der Waals surface area contributed by atoms with Crippen molar-refractivity contribution in [2.24, 2.45) is 0 Å². The third-order valence-corrected chi connectivity index (χ3v) is 3.51. The van der Waals surface area contributed by atoms with Gasteiger partial charge in [-0.2, -0.15) is 0 Å². The van der Waals surface area contributed by atoms with E-state index in [0.717, 1.165) is 0 Å². The molecule has 0 amide bonds. The van der Waals surface area contributed by atoms with Gasteiger partial charge in [-0.1, -0.05) is 11.6 Å². The smallest absolute Gasteiger partial charge is 0.230 e. The minimum absolute atomic E-state index is 0.194. The molecule has 0 saturated carbocycles. The summed E-state index contributed by atoms with van der Waals surface area (Å²) in [6.07, 6.45) is 1.46. The van der Waals surface area contributed by atoms with Crippen LogP contribution in [-0.2, 0) is 0 Å².